The molecule has 1 N–H and O–H groups in total. The number of aryl methyl sites for hydroxylation is 3. The third-order valence-electron chi connectivity index (χ3n) is 5.23. The van der Waals surface area contributed by atoms with Gasteiger partial charge in [-0.2, -0.15) is 5.10 Å². The van der Waals surface area contributed by atoms with Gasteiger partial charge in [-0.05, 0) is 38.0 Å². The molecule has 0 radical (unpaired) electrons. The van der Waals surface area contributed by atoms with Crippen molar-refractivity contribution < 1.29 is 9.18 Å². The van der Waals surface area contributed by atoms with Gasteiger partial charge in [-0.1, -0.05) is 54.2 Å². The highest BCUT2D eigenvalue weighted by Crippen LogP contribution is 2.21. The van der Waals surface area contributed by atoms with Crippen LogP contribution in [0, 0.1) is 12.7 Å². The molecule has 0 spiro atoms. The first-order valence-corrected chi connectivity index (χ1v) is 11.7. The predicted molar refractivity (Wildman–Crippen MR) is 128 cm³/mol. The molecular formula is C24H24FN5O2S. The van der Waals surface area contributed by atoms with E-state index < -0.39 is 5.82 Å². The van der Waals surface area contributed by atoms with Crippen LogP contribution in [-0.4, -0.2) is 31.0 Å². The van der Waals surface area contributed by atoms with Gasteiger partial charge >= 0.3 is 0 Å². The minimum atomic E-state index is -0.502. The van der Waals surface area contributed by atoms with E-state index in [0.29, 0.717) is 41.4 Å². The van der Waals surface area contributed by atoms with Crippen LogP contribution in [0.2, 0.25) is 0 Å². The molecule has 2 heterocycles. The van der Waals surface area contributed by atoms with E-state index in [9.17, 15) is 14.0 Å². The van der Waals surface area contributed by atoms with E-state index in [4.69, 9.17) is 4.98 Å². The molecule has 170 valence electrons. The SMILES string of the molecule is CCn1nc(C)c2nc(SCC(=O)Nc3ccccc3F)n(CCc3ccccc3)c(=O)c21. The molecular weight excluding hydrogens is 441 g/mol. The van der Waals surface area contributed by atoms with E-state index in [2.05, 4.69) is 10.4 Å². The molecule has 4 aromatic rings. The van der Waals surface area contributed by atoms with Crippen LogP contribution < -0.4 is 10.9 Å². The summed E-state index contributed by atoms with van der Waals surface area (Å²) in [5.41, 5.74) is 2.69. The molecule has 0 fully saturated rings. The smallest absolute Gasteiger partial charge is 0.280 e. The van der Waals surface area contributed by atoms with Gasteiger partial charge in [0.15, 0.2) is 10.7 Å². The molecule has 0 saturated carbocycles. The molecule has 0 atom stereocenters. The number of benzene rings is 2. The van der Waals surface area contributed by atoms with Crippen molar-refractivity contribution in [3.8, 4) is 0 Å². The Kier molecular flexibility index (Phi) is 6.88. The molecule has 7 nitrogen and oxygen atoms in total. The van der Waals surface area contributed by atoms with Gasteiger partial charge in [0.1, 0.15) is 11.3 Å². The maximum absolute atomic E-state index is 13.9. The Morgan fingerprint density at radius 2 is 1.85 bits per heavy atom. The third-order valence-corrected chi connectivity index (χ3v) is 6.21. The number of carbonyl (C=O) groups is 1. The number of nitrogens with one attached hydrogen (secondary N) is 1. The van der Waals surface area contributed by atoms with Crippen molar-refractivity contribution in [3.63, 3.8) is 0 Å². The molecule has 1 amide bonds. The van der Waals surface area contributed by atoms with Crippen LogP contribution in [-0.2, 0) is 24.3 Å². The number of fused-ring (bicyclic) bond motifs is 1. The number of aromatic nitrogens is 4. The number of halogens is 1. The highest BCUT2D eigenvalue weighted by atomic mass is 32.2. The monoisotopic (exact) mass is 465 g/mol. The summed E-state index contributed by atoms with van der Waals surface area (Å²) in [6.07, 6.45) is 0.641. The minimum Gasteiger partial charge on any atom is -0.323 e. The van der Waals surface area contributed by atoms with Crippen LogP contribution in [0.25, 0.3) is 11.0 Å². The highest BCUT2D eigenvalue weighted by Gasteiger charge is 2.19. The van der Waals surface area contributed by atoms with Crippen molar-refractivity contribution in [2.45, 2.75) is 38.5 Å². The lowest BCUT2D eigenvalue weighted by molar-refractivity contribution is -0.113. The number of amides is 1. The van der Waals surface area contributed by atoms with E-state index in [0.717, 1.165) is 17.3 Å². The van der Waals surface area contributed by atoms with E-state index in [1.165, 1.54) is 12.1 Å². The Hall–Kier alpha value is -3.46. The summed E-state index contributed by atoms with van der Waals surface area (Å²) in [6, 6.07) is 15.9. The third kappa shape index (κ3) is 4.98. The quantitative estimate of drug-likeness (QED) is 0.314. The molecule has 2 aromatic carbocycles. The summed E-state index contributed by atoms with van der Waals surface area (Å²) in [5.74, 6) is -0.897. The van der Waals surface area contributed by atoms with Crippen LogP contribution in [0.1, 0.15) is 18.2 Å². The van der Waals surface area contributed by atoms with Crippen molar-refractivity contribution >= 4 is 34.4 Å². The fourth-order valence-corrected chi connectivity index (χ4v) is 4.41. The summed E-state index contributed by atoms with van der Waals surface area (Å²) >= 11 is 1.15. The maximum Gasteiger partial charge on any atom is 0.280 e. The van der Waals surface area contributed by atoms with E-state index in [-0.39, 0.29) is 22.9 Å². The minimum absolute atomic E-state index is 0.0153. The molecule has 2 aromatic heterocycles. The van der Waals surface area contributed by atoms with E-state index in [1.54, 1.807) is 21.4 Å². The zero-order valence-corrected chi connectivity index (χ0v) is 19.2. The molecule has 0 unspecified atom stereocenters. The molecule has 0 aliphatic heterocycles. The van der Waals surface area contributed by atoms with Crippen LogP contribution in [0.3, 0.4) is 0 Å². The second-order valence-corrected chi connectivity index (χ2v) is 8.44. The fraction of sp³-hybridized carbons (Fsp3) is 0.250. The van der Waals surface area contributed by atoms with Crippen LogP contribution in [0.4, 0.5) is 10.1 Å². The number of para-hydroxylation sites is 1. The number of hydrogen-bond donors (Lipinski definition) is 1. The Morgan fingerprint density at radius 3 is 2.58 bits per heavy atom. The molecule has 0 bridgehead atoms. The number of carbonyl (C=O) groups excluding carboxylic acids is 1. The molecule has 33 heavy (non-hydrogen) atoms. The number of thioether (sulfide) groups is 1. The standard InChI is InChI=1S/C24H24FN5O2S/c1-3-30-22-21(16(2)28-30)27-24(29(23(22)32)14-13-17-9-5-4-6-10-17)33-15-20(31)26-19-12-8-7-11-18(19)25/h4-12H,3,13-15H2,1-2H3,(H,26,31). The normalized spacial score (nSPS) is 11.1. The van der Waals surface area contributed by atoms with Crippen molar-refractivity contribution in [2.75, 3.05) is 11.1 Å². The van der Waals surface area contributed by atoms with Gasteiger partial charge in [0, 0.05) is 13.1 Å². The van der Waals surface area contributed by atoms with E-state index in [1.807, 2.05) is 44.2 Å². The average Bonchev–Trinajstić information content (AvgIpc) is 3.15. The predicted octanol–water partition coefficient (Wildman–Crippen LogP) is 4.03. The molecule has 0 saturated heterocycles. The zero-order valence-electron chi connectivity index (χ0n) is 18.4. The fourth-order valence-electron chi connectivity index (χ4n) is 3.59. The first-order chi connectivity index (χ1) is 16.0. The van der Waals surface area contributed by atoms with Crippen LogP contribution in [0.5, 0.6) is 0 Å². The lowest BCUT2D eigenvalue weighted by atomic mass is 10.1. The highest BCUT2D eigenvalue weighted by molar-refractivity contribution is 7.99. The summed E-state index contributed by atoms with van der Waals surface area (Å²) in [4.78, 5) is 30.6. The maximum atomic E-state index is 13.9. The lowest BCUT2D eigenvalue weighted by Gasteiger charge is -2.13. The zero-order chi connectivity index (χ0) is 23.4. The Balaban J connectivity index is 1.63. The number of rotatable bonds is 8. The second kappa shape index (κ2) is 9.99. The van der Waals surface area contributed by atoms with Gasteiger partial charge in [-0.15, -0.1) is 0 Å². The van der Waals surface area contributed by atoms with Crippen molar-refractivity contribution in [3.05, 3.63) is 82.0 Å². The summed E-state index contributed by atoms with van der Waals surface area (Å²) < 4.78 is 17.1. The average molecular weight is 466 g/mol. The largest absolute Gasteiger partial charge is 0.323 e. The summed E-state index contributed by atoms with van der Waals surface area (Å²) in [6.45, 7) is 4.71. The van der Waals surface area contributed by atoms with Crippen LogP contribution >= 0.6 is 11.8 Å². The molecule has 9 heteroatoms. The number of hydrogen-bond acceptors (Lipinski definition) is 5. The van der Waals surface area contributed by atoms with Crippen molar-refractivity contribution in [1.82, 2.24) is 19.3 Å². The number of nitrogens with zero attached hydrogens (tertiary/aromatic N) is 4. The van der Waals surface area contributed by atoms with Gasteiger partial charge in [0.2, 0.25) is 5.91 Å². The summed E-state index contributed by atoms with van der Waals surface area (Å²) in [7, 11) is 0. The molecule has 0 aliphatic rings. The first kappa shape index (κ1) is 22.7. The molecule has 0 aliphatic carbocycles. The van der Waals surface area contributed by atoms with Gasteiger partial charge in [0.25, 0.3) is 5.56 Å². The van der Waals surface area contributed by atoms with Crippen molar-refractivity contribution in [1.29, 1.82) is 0 Å². The Morgan fingerprint density at radius 1 is 1.12 bits per heavy atom. The van der Waals surface area contributed by atoms with Crippen LogP contribution in [0.15, 0.2) is 64.5 Å². The van der Waals surface area contributed by atoms with Crippen molar-refractivity contribution in [2.24, 2.45) is 0 Å². The number of anilines is 1. The van der Waals surface area contributed by atoms with E-state index >= 15 is 0 Å². The van der Waals surface area contributed by atoms with Gasteiger partial charge in [0.05, 0.1) is 17.1 Å². The Labute approximate surface area is 194 Å². The molecule has 4 rings (SSSR count). The Bertz CT molecular complexity index is 1350. The lowest BCUT2D eigenvalue weighted by Crippen LogP contribution is -2.26. The van der Waals surface area contributed by atoms with Gasteiger partial charge in [-0.25, -0.2) is 9.37 Å². The topological polar surface area (TPSA) is 81.8 Å². The van der Waals surface area contributed by atoms with Gasteiger partial charge < -0.3 is 5.32 Å². The second-order valence-electron chi connectivity index (χ2n) is 7.50. The van der Waals surface area contributed by atoms with Gasteiger partial charge in [-0.3, -0.25) is 18.8 Å². The first-order valence-electron chi connectivity index (χ1n) is 10.7. The summed E-state index contributed by atoms with van der Waals surface area (Å²) in [5, 5.41) is 7.44.